The van der Waals surface area contributed by atoms with Gasteiger partial charge in [-0.2, -0.15) is 0 Å². The zero-order valence-corrected chi connectivity index (χ0v) is 9.93. The standard InChI is InChI=1S/C10H19N3O.ClH/c1-7-2-3-13(8-5-12-6-8)9(4-7)10(11)14;/h7-9,12H,2-6H2,1H3,(H2,11,14);1H. The third-order valence-electron chi connectivity index (χ3n) is 3.46. The molecule has 3 N–H and O–H groups in total. The molecule has 2 fully saturated rings. The number of piperidine rings is 1. The molecule has 0 radical (unpaired) electrons. The van der Waals surface area contributed by atoms with E-state index in [0.717, 1.165) is 26.1 Å². The highest BCUT2D eigenvalue weighted by molar-refractivity contribution is 5.85. The second kappa shape index (κ2) is 5.14. The van der Waals surface area contributed by atoms with Crippen LogP contribution in [-0.4, -0.2) is 42.5 Å². The summed E-state index contributed by atoms with van der Waals surface area (Å²) in [7, 11) is 0. The van der Waals surface area contributed by atoms with Crippen molar-refractivity contribution in [1.82, 2.24) is 10.2 Å². The molecule has 15 heavy (non-hydrogen) atoms. The molecule has 2 aliphatic heterocycles. The Morgan fingerprint density at radius 2 is 2.13 bits per heavy atom. The van der Waals surface area contributed by atoms with Crippen LogP contribution in [0.2, 0.25) is 0 Å². The number of hydrogen-bond acceptors (Lipinski definition) is 3. The summed E-state index contributed by atoms with van der Waals surface area (Å²) < 4.78 is 0. The molecule has 2 aliphatic rings. The fourth-order valence-electron chi connectivity index (χ4n) is 2.38. The normalized spacial score (nSPS) is 32.9. The van der Waals surface area contributed by atoms with Gasteiger partial charge in [0.1, 0.15) is 0 Å². The summed E-state index contributed by atoms with van der Waals surface area (Å²) >= 11 is 0. The lowest BCUT2D eigenvalue weighted by Crippen LogP contribution is -2.64. The lowest BCUT2D eigenvalue weighted by molar-refractivity contribution is -0.127. The summed E-state index contributed by atoms with van der Waals surface area (Å²) in [6.45, 7) is 5.25. The van der Waals surface area contributed by atoms with Gasteiger partial charge in [0.25, 0.3) is 0 Å². The molecular formula is C10H20ClN3O. The molecule has 2 rings (SSSR count). The highest BCUT2D eigenvalue weighted by atomic mass is 35.5. The van der Waals surface area contributed by atoms with Crippen molar-refractivity contribution < 1.29 is 4.79 Å². The molecule has 0 aromatic heterocycles. The van der Waals surface area contributed by atoms with E-state index >= 15 is 0 Å². The van der Waals surface area contributed by atoms with Crippen molar-refractivity contribution in [3.63, 3.8) is 0 Å². The molecule has 2 saturated heterocycles. The highest BCUT2D eigenvalue weighted by Crippen LogP contribution is 2.25. The summed E-state index contributed by atoms with van der Waals surface area (Å²) in [5.74, 6) is 0.486. The minimum Gasteiger partial charge on any atom is -0.368 e. The molecule has 4 nitrogen and oxygen atoms in total. The summed E-state index contributed by atoms with van der Waals surface area (Å²) in [4.78, 5) is 13.6. The van der Waals surface area contributed by atoms with Gasteiger partial charge in [-0.05, 0) is 25.3 Å². The number of rotatable bonds is 2. The number of nitrogens with zero attached hydrogens (tertiary/aromatic N) is 1. The maximum absolute atomic E-state index is 11.3. The van der Waals surface area contributed by atoms with Crippen LogP contribution in [0.25, 0.3) is 0 Å². The van der Waals surface area contributed by atoms with Crippen molar-refractivity contribution in [2.45, 2.75) is 31.8 Å². The van der Waals surface area contributed by atoms with Crippen LogP contribution in [0.5, 0.6) is 0 Å². The van der Waals surface area contributed by atoms with Gasteiger partial charge in [-0.3, -0.25) is 9.69 Å². The minimum absolute atomic E-state index is 0. The molecule has 2 heterocycles. The smallest absolute Gasteiger partial charge is 0.234 e. The predicted molar refractivity (Wildman–Crippen MR) is 62.0 cm³/mol. The molecular weight excluding hydrogens is 214 g/mol. The van der Waals surface area contributed by atoms with Gasteiger partial charge in [-0.15, -0.1) is 12.4 Å². The van der Waals surface area contributed by atoms with E-state index in [1.807, 2.05) is 0 Å². The van der Waals surface area contributed by atoms with Crippen LogP contribution in [0.3, 0.4) is 0 Å². The average molecular weight is 234 g/mol. The summed E-state index contributed by atoms with van der Waals surface area (Å²) in [6.07, 6.45) is 2.13. The number of halogens is 1. The van der Waals surface area contributed by atoms with E-state index in [2.05, 4.69) is 17.1 Å². The van der Waals surface area contributed by atoms with Crippen LogP contribution < -0.4 is 11.1 Å². The SMILES string of the molecule is CC1CCN(C2CNC2)C(C(N)=O)C1.Cl. The van der Waals surface area contributed by atoms with Crippen LogP contribution >= 0.6 is 12.4 Å². The van der Waals surface area contributed by atoms with Gasteiger partial charge in [0.05, 0.1) is 6.04 Å². The monoisotopic (exact) mass is 233 g/mol. The number of amides is 1. The first kappa shape index (κ1) is 12.7. The molecule has 0 aromatic carbocycles. The third-order valence-corrected chi connectivity index (χ3v) is 3.46. The molecule has 88 valence electrons. The molecule has 2 unspecified atom stereocenters. The fraction of sp³-hybridized carbons (Fsp3) is 0.900. The van der Waals surface area contributed by atoms with Crippen LogP contribution in [-0.2, 0) is 4.79 Å². The van der Waals surface area contributed by atoms with Crippen molar-refractivity contribution in [1.29, 1.82) is 0 Å². The maximum atomic E-state index is 11.3. The number of hydrogen-bond donors (Lipinski definition) is 2. The molecule has 0 saturated carbocycles. The average Bonchev–Trinajstić information content (AvgIpc) is 2.04. The summed E-state index contributed by atoms with van der Waals surface area (Å²) in [5.41, 5.74) is 5.44. The Bertz CT molecular complexity index is 233. The Hall–Kier alpha value is -0.320. The lowest BCUT2D eigenvalue weighted by atomic mass is 9.90. The Balaban J connectivity index is 0.00000112. The lowest BCUT2D eigenvalue weighted by Gasteiger charge is -2.45. The first-order valence-electron chi connectivity index (χ1n) is 5.44. The van der Waals surface area contributed by atoms with Crippen molar-refractivity contribution in [2.75, 3.05) is 19.6 Å². The van der Waals surface area contributed by atoms with Gasteiger partial charge in [0.2, 0.25) is 5.91 Å². The van der Waals surface area contributed by atoms with E-state index in [0.29, 0.717) is 12.0 Å². The van der Waals surface area contributed by atoms with E-state index in [-0.39, 0.29) is 24.4 Å². The second-order valence-corrected chi connectivity index (χ2v) is 4.60. The maximum Gasteiger partial charge on any atom is 0.234 e. The number of carbonyl (C=O) groups excluding carboxylic acids is 1. The van der Waals surface area contributed by atoms with Crippen molar-refractivity contribution >= 4 is 18.3 Å². The molecule has 2 atom stereocenters. The van der Waals surface area contributed by atoms with Gasteiger partial charge in [-0.1, -0.05) is 6.92 Å². The minimum atomic E-state index is -0.150. The van der Waals surface area contributed by atoms with Gasteiger partial charge in [-0.25, -0.2) is 0 Å². The number of primary amides is 1. The molecule has 1 amide bonds. The first-order valence-corrected chi connectivity index (χ1v) is 5.44. The molecule has 0 bridgehead atoms. The van der Waals surface area contributed by atoms with Crippen molar-refractivity contribution in [3.05, 3.63) is 0 Å². The van der Waals surface area contributed by atoms with Crippen LogP contribution in [0.15, 0.2) is 0 Å². The molecule has 0 spiro atoms. The van der Waals surface area contributed by atoms with Crippen molar-refractivity contribution in [3.8, 4) is 0 Å². The second-order valence-electron chi connectivity index (χ2n) is 4.60. The zero-order valence-electron chi connectivity index (χ0n) is 9.11. The van der Waals surface area contributed by atoms with Gasteiger partial charge in [0, 0.05) is 19.1 Å². The van der Waals surface area contributed by atoms with E-state index in [4.69, 9.17) is 5.73 Å². The predicted octanol–water partition coefficient (Wildman–Crippen LogP) is -0.0342. The zero-order chi connectivity index (χ0) is 10.1. The van der Waals surface area contributed by atoms with Gasteiger partial charge < -0.3 is 11.1 Å². The number of likely N-dealkylation sites (tertiary alicyclic amines) is 1. The molecule has 5 heteroatoms. The third kappa shape index (κ3) is 2.62. The Morgan fingerprint density at radius 3 is 2.60 bits per heavy atom. The van der Waals surface area contributed by atoms with Crippen LogP contribution in [0, 0.1) is 5.92 Å². The van der Waals surface area contributed by atoms with E-state index in [1.165, 1.54) is 6.42 Å². The Kier molecular flexibility index (Phi) is 4.37. The van der Waals surface area contributed by atoms with Crippen LogP contribution in [0.4, 0.5) is 0 Å². The quantitative estimate of drug-likeness (QED) is 0.704. The molecule has 0 aliphatic carbocycles. The van der Waals surface area contributed by atoms with E-state index in [9.17, 15) is 4.79 Å². The largest absolute Gasteiger partial charge is 0.368 e. The Morgan fingerprint density at radius 1 is 1.47 bits per heavy atom. The summed E-state index contributed by atoms with van der Waals surface area (Å²) in [6, 6.07) is 0.519. The first-order chi connectivity index (χ1) is 6.68. The summed E-state index contributed by atoms with van der Waals surface area (Å²) in [5, 5.41) is 3.24. The number of nitrogens with one attached hydrogen (secondary N) is 1. The van der Waals surface area contributed by atoms with E-state index < -0.39 is 0 Å². The topological polar surface area (TPSA) is 58.4 Å². The Labute approximate surface area is 97.0 Å². The van der Waals surface area contributed by atoms with Crippen molar-refractivity contribution in [2.24, 2.45) is 11.7 Å². The number of carbonyl (C=O) groups is 1. The number of nitrogens with two attached hydrogens (primary N) is 1. The van der Waals surface area contributed by atoms with Gasteiger partial charge >= 0.3 is 0 Å². The highest BCUT2D eigenvalue weighted by Gasteiger charge is 2.36. The van der Waals surface area contributed by atoms with Crippen LogP contribution in [0.1, 0.15) is 19.8 Å². The van der Waals surface area contributed by atoms with E-state index in [1.54, 1.807) is 0 Å². The molecule has 0 aromatic rings. The fourth-order valence-corrected chi connectivity index (χ4v) is 2.38. The van der Waals surface area contributed by atoms with Gasteiger partial charge in [0.15, 0.2) is 0 Å².